The SMILES string of the molecule is CN1C(=O)C(F)C(=O)c2ccccc21. The first-order valence-electron chi connectivity index (χ1n) is 4.18. The highest BCUT2D eigenvalue weighted by molar-refractivity contribution is 6.23. The number of alkyl halides is 1. The smallest absolute Gasteiger partial charge is 0.269 e. The minimum atomic E-state index is -2.05. The Balaban J connectivity index is 2.62. The molecule has 1 aromatic carbocycles. The zero-order chi connectivity index (χ0) is 10.3. The Labute approximate surface area is 80.1 Å². The average molecular weight is 193 g/mol. The summed E-state index contributed by atoms with van der Waals surface area (Å²) in [6.45, 7) is 0. The highest BCUT2D eigenvalue weighted by Gasteiger charge is 2.37. The first-order valence-corrected chi connectivity index (χ1v) is 4.18. The van der Waals surface area contributed by atoms with Crippen molar-refractivity contribution < 1.29 is 14.0 Å². The fraction of sp³-hybridized carbons (Fsp3) is 0.200. The van der Waals surface area contributed by atoms with E-state index in [2.05, 4.69) is 0 Å². The van der Waals surface area contributed by atoms with Crippen LogP contribution in [-0.4, -0.2) is 24.9 Å². The highest BCUT2D eigenvalue weighted by atomic mass is 19.1. The highest BCUT2D eigenvalue weighted by Crippen LogP contribution is 2.27. The van der Waals surface area contributed by atoms with Crippen LogP contribution in [0.25, 0.3) is 0 Å². The largest absolute Gasteiger partial charge is 0.312 e. The molecule has 0 radical (unpaired) electrons. The molecule has 1 heterocycles. The van der Waals surface area contributed by atoms with Crippen molar-refractivity contribution in [2.75, 3.05) is 11.9 Å². The number of carbonyl (C=O) groups is 2. The number of nitrogens with zero attached hydrogens (tertiary/aromatic N) is 1. The Hall–Kier alpha value is -1.71. The van der Waals surface area contributed by atoms with Gasteiger partial charge < -0.3 is 4.90 Å². The van der Waals surface area contributed by atoms with Crippen LogP contribution in [0.5, 0.6) is 0 Å². The molecule has 0 saturated heterocycles. The number of hydrogen-bond donors (Lipinski definition) is 0. The lowest BCUT2D eigenvalue weighted by Crippen LogP contribution is -2.43. The van der Waals surface area contributed by atoms with E-state index in [1.807, 2.05) is 0 Å². The molecule has 1 amide bonds. The molecule has 4 heteroatoms. The average Bonchev–Trinajstić information content (AvgIpc) is 2.23. The van der Waals surface area contributed by atoms with E-state index in [9.17, 15) is 14.0 Å². The molecular weight excluding hydrogens is 185 g/mol. The summed E-state index contributed by atoms with van der Waals surface area (Å²) in [5, 5.41) is 0. The summed E-state index contributed by atoms with van der Waals surface area (Å²) >= 11 is 0. The number of anilines is 1. The van der Waals surface area contributed by atoms with E-state index in [0.29, 0.717) is 5.69 Å². The minimum absolute atomic E-state index is 0.266. The number of amides is 1. The van der Waals surface area contributed by atoms with Gasteiger partial charge in [-0.2, -0.15) is 0 Å². The Bertz CT molecular complexity index is 416. The van der Waals surface area contributed by atoms with E-state index < -0.39 is 17.9 Å². The normalized spacial score (nSPS) is 21.0. The van der Waals surface area contributed by atoms with Crippen LogP contribution in [0.3, 0.4) is 0 Å². The van der Waals surface area contributed by atoms with Crippen molar-refractivity contribution in [1.29, 1.82) is 0 Å². The van der Waals surface area contributed by atoms with Crippen LogP contribution in [-0.2, 0) is 4.79 Å². The van der Waals surface area contributed by atoms with Gasteiger partial charge in [-0.3, -0.25) is 9.59 Å². The molecule has 0 N–H and O–H groups in total. The topological polar surface area (TPSA) is 37.4 Å². The molecule has 14 heavy (non-hydrogen) atoms. The van der Waals surface area contributed by atoms with Gasteiger partial charge in [0.05, 0.1) is 5.69 Å². The van der Waals surface area contributed by atoms with Gasteiger partial charge in [0.25, 0.3) is 5.91 Å². The van der Waals surface area contributed by atoms with Crippen LogP contribution in [0.15, 0.2) is 24.3 Å². The predicted molar refractivity (Wildman–Crippen MR) is 49.1 cm³/mol. The van der Waals surface area contributed by atoms with Gasteiger partial charge in [-0.1, -0.05) is 12.1 Å². The lowest BCUT2D eigenvalue weighted by Gasteiger charge is -2.26. The second kappa shape index (κ2) is 2.90. The van der Waals surface area contributed by atoms with Gasteiger partial charge in [0.1, 0.15) is 0 Å². The Morgan fingerprint density at radius 2 is 1.93 bits per heavy atom. The molecule has 3 nitrogen and oxygen atoms in total. The first-order chi connectivity index (χ1) is 6.63. The van der Waals surface area contributed by atoms with Crippen LogP contribution in [0.2, 0.25) is 0 Å². The van der Waals surface area contributed by atoms with Crippen molar-refractivity contribution in [3.63, 3.8) is 0 Å². The van der Waals surface area contributed by atoms with Gasteiger partial charge in [-0.25, -0.2) is 4.39 Å². The monoisotopic (exact) mass is 193 g/mol. The lowest BCUT2D eigenvalue weighted by molar-refractivity contribution is -0.121. The van der Waals surface area contributed by atoms with Gasteiger partial charge in [0.15, 0.2) is 0 Å². The van der Waals surface area contributed by atoms with E-state index >= 15 is 0 Å². The van der Waals surface area contributed by atoms with Crippen LogP contribution in [0.4, 0.5) is 10.1 Å². The molecule has 1 aromatic rings. The van der Waals surface area contributed by atoms with Crippen LogP contribution in [0, 0.1) is 0 Å². The summed E-state index contributed by atoms with van der Waals surface area (Å²) in [6, 6.07) is 6.49. The maximum Gasteiger partial charge on any atom is 0.269 e. The number of hydrogen-bond acceptors (Lipinski definition) is 2. The second-order valence-electron chi connectivity index (χ2n) is 3.14. The molecular formula is C10H8FNO2. The van der Waals surface area contributed by atoms with Gasteiger partial charge in [0.2, 0.25) is 12.0 Å². The van der Waals surface area contributed by atoms with Crippen molar-refractivity contribution >= 4 is 17.4 Å². The molecule has 1 aliphatic heterocycles. The Morgan fingerprint density at radius 1 is 1.29 bits per heavy atom. The second-order valence-corrected chi connectivity index (χ2v) is 3.14. The summed E-state index contributed by atoms with van der Waals surface area (Å²) in [6.07, 6.45) is -2.05. The molecule has 0 bridgehead atoms. The zero-order valence-electron chi connectivity index (χ0n) is 7.53. The standard InChI is InChI=1S/C10H8FNO2/c1-12-7-5-3-2-4-6(7)9(13)8(11)10(12)14/h2-5,8H,1H3. The number of Topliss-reactive ketones (excluding diaryl/α,β-unsaturated/α-hetero) is 1. The summed E-state index contributed by atoms with van der Waals surface area (Å²) in [4.78, 5) is 23.7. The summed E-state index contributed by atoms with van der Waals surface area (Å²) in [7, 11) is 1.46. The molecule has 1 aliphatic rings. The quantitative estimate of drug-likeness (QED) is 0.580. The van der Waals surface area contributed by atoms with E-state index in [1.165, 1.54) is 18.0 Å². The molecule has 2 rings (SSSR count). The van der Waals surface area contributed by atoms with Crippen molar-refractivity contribution in [3.8, 4) is 0 Å². The van der Waals surface area contributed by atoms with Gasteiger partial charge >= 0.3 is 0 Å². The van der Waals surface area contributed by atoms with E-state index in [4.69, 9.17) is 0 Å². The number of ketones is 1. The number of fused-ring (bicyclic) bond motifs is 1. The molecule has 0 saturated carbocycles. The van der Waals surface area contributed by atoms with Crippen LogP contribution < -0.4 is 4.90 Å². The van der Waals surface area contributed by atoms with Crippen LogP contribution in [0.1, 0.15) is 10.4 Å². The summed E-state index contributed by atoms with van der Waals surface area (Å²) in [5.41, 5.74) is 0.735. The van der Waals surface area contributed by atoms with Crippen molar-refractivity contribution in [2.45, 2.75) is 6.17 Å². The maximum atomic E-state index is 13.2. The lowest BCUT2D eigenvalue weighted by atomic mass is 9.99. The van der Waals surface area contributed by atoms with Gasteiger partial charge in [-0.15, -0.1) is 0 Å². The van der Waals surface area contributed by atoms with Crippen molar-refractivity contribution in [3.05, 3.63) is 29.8 Å². The maximum absolute atomic E-state index is 13.2. The fourth-order valence-corrected chi connectivity index (χ4v) is 1.51. The van der Waals surface area contributed by atoms with E-state index in [1.54, 1.807) is 18.2 Å². The summed E-state index contributed by atoms with van der Waals surface area (Å²) in [5.74, 6) is -1.54. The minimum Gasteiger partial charge on any atom is -0.312 e. The predicted octanol–water partition coefficient (Wildman–Crippen LogP) is 1.18. The number of carbonyl (C=O) groups excluding carboxylic acids is 2. The van der Waals surface area contributed by atoms with Crippen molar-refractivity contribution in [1.82, 2.24) is 0 Å². The fourth-order valence-electron chi connectivity index (χ4n) is 1.51. The van der Waals surface area contributed by atoms with Crippen molar-refractivity contribution in [2.24, 2.45) is 0 Å². The molecule has 72 valence electrons. The Kier molecular flexibility index (Phi) is 1.84. The molecule has 1 unspecified atom stereocenters. The van der Waals surface area contributed by atoms with Gasteiger partial charge in [0, 0.05) is 12.6 Å². The Morgan fingerprint density at radius 3 is 2.64 bits per heavy atom. The van der Waals surface area contributed by atoms with Gasteiger partial charge in [-0.05, 0) is 12.1 Å². The number of halogens is 1. The third-order valence-electron chi connectivity index (χ3n) is 2.31. The number of benzene rings is 1. The van der Waals surface area contributed by atoms with E-state index in [-0.39, 0.29) is 5.56 Å². The molecule has 0 spiro atoms. The summed E-state index contributed by atoms with van der Waals surface area (Å²) < 4.78 is 13.2. The molecule has 0 fully saturated rings. The number of rotatable bonds is 0. The third kappa shape index (κ3) is 1.04. The molecule has 1 atom stereocenters. The molecule has 0 aliphatic carbocycles. The third-order valence-corrected chi connectivity index (χ3v) is 2.31. The van der Waals surface area contributed by atoms with E-state index in [0.717, 1.165) is 0 Å². The van der Waals surface area contributed by atoms with Crippen LogP contribution >= 0.6 is 0 Å². The number of para-hydroxylation sites is 1. The molecule has 0 aromatic heterocycles. The zero-order valence-corrected chi connectivity index (χ0v) is 7.53. The first kappa shape index (κ1) is 8.87.